The first-order valence-corrected chi connectivity index (χ1v) is 6.28. The highest BCUT2D eigenvalue weighted by atomic mass is 35.5. The molecule has 0 aliphatic rings. The lowest BCUT2D eigenvalue weighted by Crippen LogP contribution is -2.02. The number of halogens is 1. The van der Waals surface area contributed by atoms with E-state index in [0.29, 0.717) is 23.0 Å². The largest absolute Gasteiger partial charge is 0.494 e. The fourth-order valence-electron chi connectivity index (χ4n) is 1.78. The van der Waals surface area contributed by atoms with Crippen molar-refractivity contribution in [1.29, 1.82) is 0 Å². The lowest BCUT2D eigenvalue weighted by Gasteiger charge is -2.11. The van der Waals surface area contributed by atoms with Crippen molar-refractivity contribution in [3.8, 4) is 5.75 Å². The lowest BCUT2D eigenvalue weighted by atomic mass is 10.2. The van der Waals surface area contributed by atoms with E-state index in [1.54, 1.807) is 12.1 Å². The second-order valence-electron chi connectivity index (χ2n) is 4.13. The first-order valence-electron chi connectivity index (χ1n) is 5.91. The van der Waals surface area contributed by atoms with Gasteiger partial charge in [0.25, 0.3) is 5.69 Å². The molecule has 0 spiro atoms. The van der Waals surface area contributed by atoms with E-state index in [-0.39, 0.29) is 5.69 Å². The van der Waals surface area contributed by atoms with Gasteiger partial charge in [-0.2, -0.15) is 0 Å². The van der Waals surface area contributed by atoms with Gasteiger partial charge in [0, 0.05) is 17.6 Å². The molecule has 1 N–H and O–H groups in total. The molecule has 0 aliphatic carbocycles. The molecule has 6 heteroatoms. The molecule has 0 saturated heterocycles. The first kappa shape index (κ1) is 14.1. The first-order chi connectivity index (χ1) is 9.60. The number of hydrogen-bond acceptors (Lipinski definition) is 4. The minimum absolute atomic E-state index is 0.00449. The molecule has 2 aromatic rings. The summed E-state index contributed by atoms with van der Waals surface area (Å²) in [5, 5.41) is 14.5. The minimum atomic E-state index is -0.455. The van der Waals surface area contributed by atoms with Crippen molar-refractivity contribution in [3.05, 3.63) is 63.2 Å². The van der Waals surface area contributed by atoms with Gasteiger partial charge >= 0.3 is 0 Å². The Morgan fingerprint density at radius 1 is 1.30 bits per heavy atom. The van der Waals surface area contributed by atoms with Crippen LogP contribution in [0.15, 0.2) is 42.5 Å². The van der Waals surface area contributed by atoms with E-state index in [1.807, 2.05) is 18.2 Å². The maximum atomic E-state index is 10.7. The van der Waals surface area contributed by atoms with Gasteiger partial charge in [-0.25, -0.2) is 0 Å². The Labute approximate surface area is 121 Å². The molecule has 20 heavy (non-hydrogen) atoms. The van der Waals surface area contributed by atoms with Crippen LogP contribution in [0.3, 0.4) is 0 Å². The summed E-state index contributed by atoms with van der Waals surface area (Å²) in [6.07, 6.45) is 0. The number of nitrogens with one attached hydrogen (secondary N) is 1. The number of benzene rings is 2. The summed E-state index contributed by atoms with van der Waals surface area (Å²) in [4.78, 5) is 10.3. The van der Waals surface area contributed by atoms with Crippen LogP contribution in [0.25, 0.3) is 0 Å². The summed E-state index contributed by atoms with van der Waals surface area (Å²) in [6, 6.07) is 11.9. The second kappa shape index (κ2) is 6.25. The van der Waals surface area contributed by atoms with Crippen LogP contribution < -0.4 is 10.1 Å². The number of nitro benzene ring substituents is 1. The number of ether oxygens (including phenoxy) is 1. The molecular weight excluding hydrogens is 280 g/mol. The number of anilines is 1. The van der Waals surface area contributed by atoms with E-state index in [4.69, 9.17) is 16.3 Å². The molecular formula is C14H13ClN2O3. The number of hydrogen-bond donors (Lipinski definition) is 1. The molecule has 0 unspecified atom stereocenters. The van der Waals surface area contributed by atoms with E-state index in [0.717, 1.165) is 5.56 Å². The second-order valence-corrected chi connectivity index (χ2v) is 4.56. The van der Waals surface area contributed by atoms with E-state index in [2.05, 4.69) is 5.32 Å². The number of non-ortho nitro benzene ring substituents is 1. The summed E-state index contributed by atoms with van der Waals surface area (Å²) < 4.78 is 5.16. The van der Waals surface area contributed by atoms with Crippen LogP contribution in [0.1, 0.15) is 5.56 Å². The predicted octanol–water partition coefficient (Wildman–Crippen LogP) is 3.87. The molecule has 2 aromatic carbocycles. The van der Waals surface area contributed by atoms with E-state index in [1.165, 1.54) is 19.2 Å². The molecule has 5 nitrogen and oxygen atoms in total. The summed E-state index contributed by atoms with van der Waals surface area (Å²) >= 11 is 5.91. The summed E-state index contributed by atoms with van der Waals surface area (Å²) in [6.45, 7) is 0.550. The molecule has 0 radical (unpaired) electrons. The van der Waals surface area contributed by atoms with Crippen molar-refractivity contribution >= 4 is 23.0 Å². The maximum absolute atomic E-state index is 10.7. The molecule has 104 valence electrons. The van der Waals surface area contributed by atoms with Gasteiger partial charge in [0.05, 0.1) is 23.8 Å². The SMILES string of the molecule is COc1cc([N+](=O)[O-])ccc1NCc1cccc(Cl)c1. The highest BCUT2D eigenvalue weighted by Crippen LogP contribution is 2.29. The number of nitrogens with zero attached hydrogens (tertiary/aromatic N) is 1. The van der Waals surface area contributed by atoms with Gasteiger partial charge in [-0.1, -0.05) is 23.7 Å². The van der Waals surface area contributed by atoms with Crippen LogP contribution in [0.4, 0.5) is 11.4 Å². The van der Waals surface area contributed by atoms with Gasteiger partial charge in [0.2, 0.25) is 0 Å². The highest BCUT2D eigenvalue weighted by Gasteiger charge is 2.11. The average Bonchev–Trinajstić information content (AvgIpc) is 2.45. The zero-order valence-electron chi connectivity index (χ0n) is 10.8. The number of rotatable bonds is 5. The zero-order valence-corrected chi connectivity index (χ0v) is 11.6. The van der Waals surface area contributed by atoms with Crippen LogP contribution >= 0.6 is 11.6 Å². The van der Waals surface area contributed by atoms with Gasteiger partial charge in [0.1, 0.15) is 5.75 Å². The Hall–Kier alpha value is -2.27. The van der Waals surface area contributed by atoms with Crippen LogP contribution in [-0.4, -0.2) is 12.0 Å². The van der Waals surface area contributed by atoms with Gasteiger partial charge in [-0.3, -0.25) is 10.1 Å². The van der Waals surface area contributed by atoms with E-state index in [9.17, 15) is 10.1 Å². The summed E-state index contributed by atoms with van der Waals surface area (Å²) in [5.41, 5.74) is 1.70. The summed E-state index contributed by atoms with van der Waals surface area (Å²) in [5.74, 6) is 0.432. The number of methoxy groups -OCH3 is 1. The minimum Gasteiger partial charge on any atom is -0.494 e. The van der Waals surface area contributed by atoms with E-state index < -0.39 is 4.92 Å². The van der Waals surface area contributed by atoms with Crippen molar-refractivity contribution in [2.45, 2.75) is 6.54 Å². The van der Waals surface area contributed by atoms with Crippen molar-refractivity contribution in [2.75, 3.05) is 12.4 Å². The predicted molar refractivity (Wildman–Crippen MR) is 78.4 cm³/mol. The normalized spacial score (nSPS) is 10.1. The van der Waals surface area contributed by atoms with Crippen molar-refractivity contribution in [2.24, 2.45) is 0 Å². The summed E-state index contributed by atoms with van der Waals surface area (Å²) in [7, 11) is 1.48. The van der Waals surface area contributed by atoms with Crippen LogP contribution in [-0.2, 0) is 6.54 Å². The smallest absolute Gasteiger partial charge is 0.273 e. The lowest BCUT2D eigenvalue weighted by molar-refractivity contribution is -0.384. The van der Waals surface area contributed by atoms with Gasteiger partial charge in [0.15, 0.2) is 0 Å². The number of nitro groups is 1. The molecule has 2 rings (SSSR count). The molecule has 0 aliphatic heterocycles. The molecule has 0 bridgehead atoms. The molecule has 0 aromatic heterocycles. The quantitative estimate of drug-likeness (QED) is 0.671. The van der Waals surface area contributed by atoms with Crippen LogP contribution in [0.2, 0.25) is 5.02 Å². The Bertz CT molecular complexity index is 632. The molecule has 0 saturated carbocycles. The van der Waals surface area contributed by atoms with Crippen molar-refractivity contribution in [1.82, 2.24) is 0 Å². The Morgan fingerprint density at radius 3 is 2.75 bits per heavy atom. The molecule has 0 fully saturated rings. The Kier molecular flexibility index (Phi) is 4.42. The van der Waals surface area contributed by atoms with Crippen molar-refractivity contribution < 1.29 is 9.66 Å². The van der Waals surface area contributed by atoms with Gasteiger partial charge in [-0.15, -0.1) is 0 Å². The third-order valence-corrected chi connectivity index (χ3v) is 3.00. The molecule has 0 amide bonds. The van der Waals surface area contributed by atoms with E-state index >= 15 is 0 Å². The average molecular weight is 293 g/mol. The Morgan fingerprint density at radius 2 is 2.10 bits per heavy atom. The monoisotopic (exact) mass is 292 g/mol. The zero-order chi connectivity index (χ0) is 14.5. The highest BCUT2D eigenvalue weighted by molar-refractivity contribution is 6.30. The standard InChI is InChI=1S/C14H13ClN2O3/c1-20-14-8-12(17(18)19)5-6-13(14)16-9-10-3-2-4-11(15)7-10/h2-8,16H,9H2,1H3. The molecule has 0 heterocycles. The van der Waals surface area contributed by atoms with Crippen LogP contribution in [0, 0.1) is 10.1 Å². The topological polar surface area (TPSA) is 64.4 Å². The maximum Gasteiger partial charge on any atom is 0.273 e. The fourth-order valence-corrected chi connectivity index (χ4v) is 2.00. The van der Waals surface area contributed by atoms with Gasteiger partial charge < -0.3 is 10.1 Å². The van der Waals surface area contributed by atoms with Crippen LogP contribution in [0.5, 0.6) is 5.75 Å². The Balaban J connectivity index is 2.15. The third kappa shape index (κ3) is 3.39. The van der Waals surface area contributed by atoms with Crippen molar-refractivity contribution in [3.63, 3.8) is 0 Å². The molecule has 0 atom stereocenters. The van der Waals surface area contributed by atoms with Gasteiger partial charge in [-0.05, 0) is 23.8 Å². The third-order valence-electron chi connectivity index (χ3n) is 2.77. The fraction of sp³-hybridized carbons (Fsp3) is 0.143.